The van der Waals surface area contributed by atoms with Crippen molar-refractivity contribution in [3.8, 4) is 11.5 Å². The Morgan fingerprint density at radius 1 is 0.960 bits per heavy atom. The van der Waals surface area contributed by atoms with Crippen molar-refractivity contribution in [3.05, 3.63) is 18.2 Å². The molecule has 0 fully saturated rings. The molecule has 0 saturated heterocycles. The summed E-state index contributed by atoms with van der Waals surface area (Å²) in [7, 11) is -0.717. The summed E-state index contributed by atoms with van der Waals surface area (Å²) in [6.45, 7) is 12.1. The van der Waals surface area contributed by atoms with Gasteiger partial charge in [0.1, 0.15) is 11.1 Å². The van der Waals surface area contributed by atoms with Gasteiger partial charge in [-0.15, -0.1) is 0 Å². The second-order valence-corrected chi connectivity index (χ2v) is 17.3. The van der Waals surface area contributed by atoms with Crippen LogP contribution in [0, 0.1) is 0 Å². The van der Waals surface area contributed by atoms with E-state index in [1.807, 2.05) is 19.2 Å². The molecule has 0 aromatic heterocycles. The minimum atomic E-state index is -1.36. The number of phenolic OH excluding ortho intramolecular Hbond substituents is 1. The smallest absolute Gasteiger partial charge is 0.186 e. The van der Waals surface area contributed by atoms with E-state index in [9.17, 15) is 5.11 Å². The fourth-order valence-corrected chi connectivity index (χ4v) is 5.42. The second-order valence-electron chi connectivity index (χ2n) is 8.35. The molecule has 0 heterocycles. The van der Waals surface area contributed by atoms with E-state index in [1.54, 1.807) is 6.07 Å². The van der Waals surface area contributed by atoms with Gasteiger partial charge in [-0.25, -0.2) is 0 Å². The van der Waals surface area contributed by atoms with Crippen molar-refractivity contribution < 1.29 is 14.3 Å². The SMILES string of the molecule is CO[Si](C)(C)CCCCCCCCOc1ccc(O)cc1[P+](C)(C)C. The fraction of sp³-hybridized carbons (Fsp3) is 0.700. The zero-order valence-electron chi connectivity index (χ0n) is 17.1. The molecular weight excluding hydrogens is 347 g/mol. The highest BCUT2D eigenvalue weighted by atomic mass is 31.2. The summed E-state index contributed by atoms with van der Waals surface area (Å²) in [5.41, 5.74) is 0. The van der Waals surface area contributed by atoms with Crippen LogP contribution >= 0.6 is 7.26 Å². The molecule has 1 N–H and O–H groups in total. The first kappa shape index (κ1) is 22.5. The lowest BCUT2D eigenvalue weighted by Gasteiger charge is -2.19. The van der Waals surface area contributed by atoms with Gasteiger partial charge in [0, 0.05) is 20.4 Å². The summed E-state index contributed by atoms with van der Waals surface area (Å²) in [4.78, 5) is 0. The first-order valence-electron chi connectivity index (χ1n) is 9.49. The number of benzene rings is 1. The first-order valence-corrected chi connectivity index (χ1v) is 15.7. The fourth-order valence-electron chi connectivity index (χ4n) is 2.80. The molecule has 0 radical (unpaired) electrons. The third-order valence-corrected chi connectivity index (χ3v) is 9.11. The van der Waals surface area contributed by atoms with E-state index in [2.05, 4.69) is 33.1 Å². The van der Waals surface area contributed by atoms with Crippen molar-refractivity contribution >= 4 is 20.9 Å². The van der Waals surface area contributed by atoms with E-state index in [0.717, 1.165) is 18.8 Å². The van der Waals surface area contributed by atoms with Crippen molar-refractivity contribution in [2.75, 3.05) is 33.7 Å². The molecule has 144 valence electrons. The molecule has 0 amide bonds. The third kappa shape index (κ3) is 9.07. The van der Waals surface area contributed by atoms with Crippen molar-refractivity contribution in [3.63, 3.8) is 0 Å². The predicted molar refractivity (Wildman–Crippen MR) is 115 cm³/mol. The van der Waals surface area contributed by atoms with Gasteiger partial charge in [-0.2, -0.15) is 0 Å². The van der Waals surface area contributed by atoms with Crippen LogP contribution in [0.3, 0.4) is 0 Å². The number of hydrogen-bond acceptors (Lipinski definition) is 3. The van der Waals surface area contributed by atoms with Crippen LogP contribution in [0.2, 0.25) is 19.1 Å². The summed E-state index contributed by atoms with van der Waals surface area (Å²) in [5.74, 6) is 1.28. The lowest BCUT2D eigenvalue weighted by molar-refractivity contribution is 0.306. The van der Waals surface area contributed by atoms with E-state index < -0.39 is 15.6 Å². The molecule has 1 aromatic carbocycles. The second kappa shape index (κ2) is 10.5. The minimum absolute atomic E-state index is 0.331. The largest absolute Gasteiger partial charge is 0.508 e. The highest BCUT2D eigenvalue weighted by Crippen LogP contribution is 2.48. The molecule has 0 atom stereocenters. The Bertz CT molecular complexity index is 512. The van der Waals surface area contributed by atoms with Crippen LogP contribution in [-0.4, -0.2) is 47.1 Å². The van der Waals surface area contributed by atoms with Crippen LogP contribution < -0.4 is 10.0 Å². The van der Waals surface area contributed by atoms with Gasteiger partial charge in [0.2, 0.25) is 0 Å². The summed E-state index contributed by atoms with van der Waals surface area (Å²) < 4.78 is 11.6. The van der Waals surface area contributed by atoms with Crippen molar-refractivity contribution in [2.24, 2.45) is 0 Å². The summed E-state index contributed by atoms with van der Waals surface area (Å²) in [6, 6.07) is 6.77. The maximum atomic E-state index is 9.74. The van der Waals surface area contributed by atoms with Crippen molar-refractivity contribution in [2.45, 2.75) is 57.7 Å². The van der Waals surface area contributed by atoms with Crippen LogP contribution in [0.1, 0.15) is 38.5 Å². The van der Waals surface area contributed by atoms with Gasteiger partial charge >= 0.3 is 0 Å². The monoisotopic (exact) mass is 385 g/mol. The summed E-state index contributed by atoms with van der Waals surface area (Å²) >= 11 is 0. The van der Waals surface area contributed by atoms with Gasteiger partial charge in [0.15, 0.2) is 14.1 Å². The Kier molecular flexibility index (Phi) is 9.48. The molecule has 5 heteroatoms. The van der Waals surface area contributed by atoms with Crippen molar-refractivity contribution in [1.29, 1.82) is 0 Å². The van der Waals surface area contributed by atoms with Gasteiger partial charge in [-0.05, 0) is 37.7 Å². The molecule has 0 aliphatic carbocycles. The lowest BCUT2D eigenvalue weighted by Crippen LogP contribution is -2.27. The third-order valence-electron chi connectivity index (χ3n) is 4.65. The van der Waals surface area contributed by atoms with Crippen molar-refractivity contribution in [1.82, 2.24) is 0 Å². The standard InChI is InChI=1S/C20H37O3PSi/c1-22-25(5,6)16-12-10-8-7-9-11-15-23-19-14-13-18(21)17-20(19)24(2,3)4/h13-14,17H,7-12,15-16H2,1-6H3/p+1. The molecule has 0 aliphatic heterocycles. The van der Waals surface area contributed by atoms with E-state index in [1.165, 1.54) is 43.5 Å². The van der Waals surface area contributed by atoms with Crippen LogP contribution in [0.15, 0.2) is 18.2 Å². The Balaban J connectivity index is 2.21. The van der Waals surface area contributed by atoms with Crippen LogP contribution in [0.25, 0.3) is 0 Å². The van der Waals surface area contributed by atoms with Crippen LogP contribution in [0.4, 0.5) is 0 Å². The summed E-state index contributed by atoms with van der Waals surface area (Å²) in [6.07, 6.45) is 7.54. The quantitative estimate of drug-likeness (QED) is 0.293. The maximum absolute atomic E-state index is 9.74. The topological polar surface area (TPSA) is 38.7 Å². The first-order chi connectivity index (χ1) is 11.7. The molecule has 0 spiro atoms. The zero-order valence-corrected chi connectivity index (χ0v) is 19.0. The Morgan fingerprint density at radius 3 is 2.16 bits per heavy atom. The normalized spacial score (nSPS) is 12.4. The molecule has 25 heavy (non-hydrogen) atoms. The molecule has 1 rings (SSSR count). The van der Waals surface area contributed by atoms with Crippen LogP contribution in [-0.2, 0) is 4.43 Å². The molecule has 0 aliphatic rings. The lowest BCUT2D eigenvalue weighted by atomic mass is 10.1. The van der Waals surface area contributed by atoms with Gasteiger partial charge < -0.3 is 14.3 Å². The molecular formula is C20H38O3PSi+. The van der Waals surface area contributed by atoms with E-state index in [0.29, 0.717) is 5.75 Å². The minimum Gasteiger partial charge on any atom is -0.508 e. The van der Waals surface area contributed by atoms with Gasteiger partial charge in [0.05, 0.1) is 26.6 Å². The van der Waals surface area contributed by atoms with Crippen LogP contribution in [0.5, 0.6) is 11.5 Å². The highest BCUT2D eigenvalue weighted by molar-refractivity contribution is 7.81. The zero-order chi connectivity index (χ0) is 18.9. The molecule has 1 aromatic rings. The molecule has 0 unspecified atom stereocenters. The average Bonchev–Trinajstić information content (AvgIpc) is 2.53. The molecule has 3 nitrogen and oxygen atoms in total. The average molecular weight is 386 g/mol. The van der Waals surface area contributed by atoms with Gasteiger partial charge in [-0.1, -0.05) is 32.1 Å². The summed E-state index contributed by atoms with van der Waals surface area (Å²) in [5, 5.41) is 10.9. The van der Waals surface area contributed by atoms with E-state index in [-0.39, 0.29) is 0 Å². The molecule has 0 saturated carbocycles. The van der Waals surface area contributed by atoms with Gasteiger partial charge in [-0.3, -0.25) is 0 Å². The Hall–Kier alpha value is -0.573. The van der Waals surface area contributed by atoms with E-state index in [4.69, 9.17) is 9.16 Å². The molecule has 0 bridgehead atoms. The Labute approximate surface area is 156 Å². The van der Waals surface area contributed by atoms with Gasteiger partial charge in [0.25, 0.3) is 0 Å². The number of unbranched alkanes of at least 4 members (excludes halogenated alkanes) is 5. The number of hydrogen-bond donors (Lipinski definition) is 1. The number of ether oxygens (including phenoxy) is 1. The maximum Gasteiger partial charge on any atom is 0.186 e. The highest BCUT2D eigenvalue weighted by Gasteiger charge is 2.26. The number of phenols is 1. The number of aromatic hydroxyl groups is 1. The predicted octanol–water partition coefficient (Wildman–Crippen LogP) is 5.50. The number of rotatable bonds is 12. The van der Waals surface area contributed by atoms with E-state index >= 15 is 0 Å². The Morgan fingerprint density at radius 2 is 1.56 bits per heavy atom.